The van der Waals surface area contributed by atoms with Crippen LogP contribution in [0.1, 0.15) is 118 Å². The van der Waals surface area contributed by atoms with Crippen molar-refractivity contribution in [2.24, 2.45) is 33.7 Å². The minimum absolute atomic E-state index is 0.0273. The lowest BCUT2D eigenvalue weighted by atomic mass is 9.98. The SMILES string of the molecule is CC[C@H](C)[C@@H]1NC(=O)c2csc(n2)[C@@H](C(C)C)NC(=O)[C@H]2N=C(O[C@@H]2C)[C@H]([C@@H](C)CC)NC(=O)c2csc(n2)[C@@H](C(C)C)NC(=O)[C@@H]2COC1=N2. The highest BCUT2D eigenvalue weighted by molar-refractivity contribution is 7.10. The smallest absolute Gasteiger partial charge is 0.271 e. The molecule has 9 atom stereocenters. The summed E-state index contributed by atoms with van der Waals surface area (Å²) in [5.41, 5.74) is 0.413. The first kappa shape index (κ1) is 38.3. The number of aliphatic imine (C=N–C) groups is 2. The molecule has 0 unspecified atom stereocenters. The molecule has 14 nitrogen and oxygen atoms in total. The molecule has 3 aliphatic heterocycles. The predicted octanol–water partition coefficient (Wildman–Crippen LogP) is 4.21. The number of rotatable bonds is 6. The third-order valence-corrected chi connectivity index (χ3v) is 11.6. The average molecular weight is 743 g/mol. The molecule has 5 rings (SSSR count). The minimum atomic E-state index is -0.855. The van der Waals surface area contributed by atoms with E-state index in [0.29, 0.717) is 16.4 Å². The van der Waals surface area contributed by atoms with Gasteiger partial charge in [0, 0.05) is 10.8 Å². The van der Waals surface area contributed by atoms with Gasteiger partial charge >= 0.3 is 0 Å². The summed E-state index contributed by atoms with van der Waals surface area (Å²) >= 11 is 2.57. The number of amides is 4. The van der Waals surface area contributed by atoms with Gasteiger partial charge in [0.1, 0.15) is 46.2 Å². The van der Waals surface area contributed by atoms with Crippen LogP contribution in [0.4, 0.5) is 0 Å². The van der Waals surface area contributed by atoms with Gasteiger partial charge in [-0.15, -0.1) is 22.7 Å². The number of carbonyl (C=O) groups is 4. The van der Waals surface area contributed by atoms with E-state index in [1.54, 1.807) is 17.7 Å². The fourth-order valence-electron chi connectivity index (χ4n) is 6.03. The Labute approximate surface area is 307 Å². The van der Waals surface area contributed by atoms with Crippen LogP contribution >= 0.6 is 22.7 Å². The van der Waals surface area contributed by atoms with E-state index in [9.17, 15) is 19.2 Å². The van der Waals surface area contributed by atoms with Crippen molar-refractivity contribution in [3.05, 3.63) is 32.2 Å². The molecule has 4 amide bonds. The second-order valence-corrected chi connectivity index (χ2v) is 16.1. The first-order valence-electron chi connectivity index (χ1n) is 17.8. The lowest BCUT2D eigenvalue weighted by Gasteiger charge is -2.24. The maximum absolute atomic E-state index is 13.8. The summed E-state index contributed by atoms with van der Waals surface area (Å²) in [5, 5.41) is 16.7. The van der Waals surface area contributed by atoms with Crippen molar-refractivity contribution < 1.29 is 28.7 Å². The van der Waals surface area contributed by atoms with E-state index in [-0.39, 0.29) is 65.3 Å². The highest BCUT2D eigenvalue weighted by Crippen LogP contribution is 2.29. The van der Waals surface area contributed by atoms with Crippen molar-refractivity contribution >= 4 is 58.1 Å². The van der Waals surface area contributed by atoms with Crippen LogP contribution in [0.5, 0.6) is 0 Å². The van der Waals surface area contributed by atoms with Crippen LogP contribution in [0, 0.1) is 23.7 Å². The number of hydrogen-bond donors (Lipinski definition) is 4. The minimum Gasteiger partial charge on any atom is -0.477 e. The van der Waals surface area contributed by atoms with Gasteiger partial charge in [0.05, 0.1) is 12.1 Å². The van der Waals surface area contributed by atoms with E-state index in [0.717, 1.165) is 6.42 Å². The summed E-state index contributed by atoms with van der Waals surface area (Å²) in [6.07, 6.45) is 0.849. The highest BCUT2D eigenvalue weighted by atomic mass is 32.1. The Morgan fingerprint density at radius 3 is 1.69 bits per heavy atom. The van der Waals surface area contributed by atoms with Crippen molar-refractivity contribution in [1.82, 2.24) is 31.2 Å². The van der Waals surface area contributed by atoms with Crippen molar-refractivity contribution in [3.63, 3.8) is 0 Å². The first-order chi connectivity index (χ1) is 24.2. The standard InChI is InChI=1S/C35H50N8O6S2/c1-10-17(7)25-32-36-20(12-48-32)28(44)39-23(15(3)4)34-37-22(14-50-34)30(46)42-26(18(8)11-2)33-43-27(19(9)49-33)31(47)40-24(16(5)6)35-38-21(13-51-35)29(45)41-25/h13-20,23-27H,10-12H2,1-9H3,(H,39,44)(H,40,47)(H,41,45)(H,42,46)/t17-,18-,19+,20-,23+,24+,25-,26-,27-/m0/s1. The van der Waals surface area contributed by atoms with Gasteiger partial charge < -0.3 is 30.7 Å². The fraction of sp³-hybridized carbons (Fsp3) is 0.657. The van der Waals surface area contributed by atoms with Crippen LogP contribution < -0.4 is 21.3 Å². The van der Waals surface area contributed by atoms with Gasteiger partial charge in [0.25, 0.3) is 11.8 Å². The summed E-state index contributed by atoms with van der Waals surface area (Å²) in [5.74, 6) is -1.15. The number of hydrogen-bond acceptors (Lipinski definition) is 12. The van der Waals surface area contributed by atoms with Crippen LogP contribution in [-0.4, -0.2) is 82.3 Å². The number of aromatic nitrogens is 2. The quantitative estimate of drug-likeness (QED) is 0.339. The number of nitrogens with one attached hydrogen (secondary N) is 4. The molecular weight excluding hydrogens is 693 g/mol. The van der Waals surface area contributed by atoms with Gasteiger partial charge in [0.2, 0.25) is 23.6 Å². The molecule has 0 fully saturated rings. The lowest BCUT2D eigenvalue weighted by Crippen LogP contribution is -2.45. The second-order valence-electron chi connectivity index (χ2n) is 14.3. The Kier molecular flexibility index (Phi) is 12.2. The zero-order valence-corrected chi connectivity index (χ0v) is 32.3. The van der Waals surface area contributed by atoms with Gasteiger partial charge in [-0.2, -0.15) is 0 Å². The Morgan fingerprint density at radius 1 is 0.706 bits per heavy atom. The van der Waals surface area contributed by atoms with Gasteiger partial charge in [-0.05, 0) is 30.6 Å². The molecule has 5 heterocycles. The number of nitrogens with zero attached hydrogens (tertiary/aromatic N) is 4. The lowest BCUT2D eigenvalue weighted by molar-refractivity contribution is -0.125. The summed E-state index contributed by atoms with van der Waals surface area (Å²) in [7, 11) is 0. The van der Waals surface area contributed by atoms with E-state index in [4.69, 9.17) is 14.5 Å². The summed E-state index contributed by atoms with van der Waals surface area (Å²) < 4.78 is 12.1. The molecule has 2 aromatic heterocycles. The van der Waals surface area contributed by atoms with Gasteiger partial charge in [-0.25, -0.2) is 20.0 Å². The van der Waals surface area contributed by atoms with Crippen LogP contribution in [0.2, 0.25) is 0 Å². The second kappa shape index (κ2) is 16.2. The molecule has 2 aromatic rings. The molecule has 4 N–H and O–H groups in total. The maximum atomic E-state index is 13.8. The van der Waals surface area contributed by atoms with Crippen molar-refractivity contribution in [1.29, 1.82) is 0 Å². The van der Waals surface area contributed by atoms with Gasteiger partial charge in [0.15, 0.2) is 12.1 Å². The highest BCUT2D eigenvalue weighted by Gasteiger charge is 2.40. The Bertz CT molecular complexity index is 1670. The molecule has 0 saturated heterocycles. The molecule has 278 valence electrons. The molecule has 0 spiro atoms. The van der Waals surface area contributed by atoms with Gasteiger partial charge in [-0.3, -0.25) is 19.2 Å². The molecule has 0 aromatic carbocycles. The first-order valence-corrected chi connectivity index (χ1v) is 19.6. The fourth-order valence-corrected chi connectivity index (χ4v) is 8.07. The van der Waals surface area contributed by atoms with Crippen LogP contribution in [0.3, 0.4) is 0 Å². The zero-order valence-electron chi connectivity index (χ0n) is 30.7. The van der Waals surface area contributed by atoms with Crippen LogP contribution in [0.25, 0.3) is 0 Å². The molecule has 0 aliphatic carbocycles. The molecule has 16 heteroatoms. The largest absolute Gasteiger partial charge is 0.477 e. The summed E-state index contributed by atoms with van der Waals surface area (Å²) in [6, 6.07) is -3.85. The number of fused-ring (bicyclic) bond motifs is 6. The normalized spacial score (nSPS) is 28.7. The Morgan fingerprint density at radius 2 is 1.20 bits per heavy atom. The van der Waals surface area contributed by atoms with Crippen molar-refractivity contribution in [3.8, 4) is 0 Å². The predicted molar refractivity (Wildman–Crippen MR) is 196 cm³/mol. The maximum Gasteiger partial charge on any atom is 0.271 e. The summed E-state index contributed by atoms with van der Waals surface area (Å²) in [6.45, 7) is 17.6. The van der Waals surface area contributed by atoms with E-state index in [1.807, 2.05) is 55.4 Å². The van der Waals surface area contributed by atoms with Crippen LogP contribution in [0.15, 0.2) is 20.7 Å². The third kappa shape index (κ3) is 8.43. The van der Waals surface area contributed by atoms with Crippen molar-refractivity contribution in [2.45, 2.75) is 118 Å². The van der Waals surface area contributed by atoms with Gasteiger partial charge in [-0.1, -0.05) is 68.2 Å². The Hall–Kier alpha value is -3.92. The van der Waals surface area contributed by atoms with Crippen molar-refractivity contribution in [2.75, 3.05) is 6.61 Å². The topological polar surface area (TPSA) is 185 Å². The van der Waals surface area contributed by atoms with E-state index in [1.165, 1.54) is 22.7 Å². The Balaban J connectivity index is 1.53. The average Bonchev–Trinajstić information content (AvgIpc) is 3.92. The van der Waals surface area contributed by atoms with E-state index >= 15 is 0 Å². The molecule has 8 bridgehead atoms. The monoisotopic (exact) mass is 742 g/mol. The number of ether oxygens (including phenoxy) is 2. The molecule has 0 saturated carbocycles. The van der Waals surface area contributed by atoms with Crippen LogP contribution in [-0.2, 0) is 19.1 Å². The van der Waals surface area contributed by atoms with E-state index < -0.39 is 54.2 Å². The summed E-state index contributed by atoms with van der Waals surface area (Å²) in [4.78, 5) is 73.2. The molecular formula is C35H50N8O6S2. The number of thiazole rings is 2. The molecule has 0 radical (unpaired) electrons. The zero-order chi connectivity index (χ0) is 37.1. The molecule has 3 aliphatic rings. The number of carbonyl (C=O) groups excluding carboxylic acids is 4. The van der Waals surface area contributed by atoms with E-state index in [2.05, 4.69) is 36.2 Å². The molecule has 51 heavy (non-hydrogen) atoms. The third-order valence-electron chi connectivity index (χ3n) is 9.76.